The summed E-state index contributed by atoms with van der Waals surface area (Å²) in [6.45, 7) is 4.53. The molecule has 1 saturated heterocycles. The Bertz CT molecular complexity index is 1290. The maximum atomic E-state index is 5.29. The molecule has 4 heterocycles. The first-order valence-corrected chi connectivity index (χ1v) is 13.7. The van der Waals surface area contributed by atoms with Gasteiger partial charge >= 0.3 is 0 Å². The Hall–Kier alpha value is -2.73. The van der Waals surface area contributed by atoms with Crippen LogP contribution >= 0.6 is 11.3 Å². The molecular formula is C28H33N5S. The summed E-state index contributed by atoms with van der Waals surface area (Å²) < 4.78 is 1.15. The molecule has 0 saturated carbocycles. The SMILES string of the molecule is CC(CCc1ccccc1)Nc1ncnc2c1sc1nc(N3CCCCC3)c3c(c12)CCCC3. The Morgan fingerprint density at radius 1 is 0.971 bits per heavy atom. The van der Waals surface area contributed by atoms with Crippen molar-refractivity contribution < 1.29 is 0 Å². The van der Waals surface area contributed by atoms with Crippen LogP contribution in [0.3, 0.4) is 0 Å². The van der Waals surface area contributed by atoms with E-state index in [1.54, 1.807) is 17.7 Å². The average molecular weight is 472 g/mol. The number of benzene rings is 1. The van der Waals surface area contributed by atoms with Gasteiger partial charge in [0.05, 0.1) is 10.2 Å². The van der Waals surface area contributed by atoms with Crippen molar-refractivity contribution in [1.82, 2.24) is 15.0 Å². The quantitative estimate of drug-likeness (QED) is 0.346. The van der Waals surface area contributed by atoms with Gasteiger partial charge in [-0.2, -0.15) is 0 Å². The van der Waals surface area contributed by atoms with Gasteiger partial charge in [-0.3, -0.25) is 0 Å². The second-order valence-electron chi connectivity index (χ2n) is 9.90. The lowest BCUT2D eigenvalue weighted by atomic mass is 9.89. The Kier molecular flexibility index (Phi) is 6.08. The van der Waals surface area contributed by atoms with Crippen molar-refractivity contribution in [2.45, 2.75) is 70.8 Å². The molecule has 0 bridgehead atoms. The molecule has 1 N–H and O–H groups in total. The number of aryl methyl sites for hydroxylation is 2. The largest absolute Gasteiger partial charge is 0.366 e. The molecule has 1 atom stereocenters. The standard InChI is InChI=1S/C28H33N5S/c1-19(14-15-20-10-4-2-5-11-20)31-26-25-24(29-18-30-26)23-21-12-6-7-13-22(21)27(32-28(23)34-25)33-16-8-3-9-17-33/h2,4-5,10-11,18-19H,3,6-9,12-17H2,1H3,(H,29,30,31). The molecule has 0 spiro atoms. The van der Waals surface area contributed by atoms with Crippen LogP contribution in [0.15, 0.2) is 36.7 Å². The fourth-order valence-corrected chi connectivity index (χ4v) is 6.75. The molecule has 4 aromatic rings. The number of hydrogen-bond acceptors (Lipinski definition) is 6. The van der Waals surface area contributed by atoms with E-state index in [4.69, 9.17) is 9.97 Å². The van der Waals surface area contributed by atoms with E-state index < -0.39 is 0 Å². The third-order valence-corrected chi connectivity index (χ3v) is 8.53. The van der Waals surface area contributed by atoms with Gasteiger partial charge in [-0.25, -0.2) is 15.0 Å². The van der Waals surface area contributed by atoms with Gasteiger partial charge < -0.3 is 10.2 Å². The van der Waals surface area contributed by atoms with Crippen molar-refractivity contribution in [3.8, 4) is 0 Å². The lowest BCUT2D eigenvalue weighted by Crippen LogP contribution is -2.31. The van der Waals surface area contributed by atoms with Crippen molar-refractivity contribution in [2.24, 2.45) is 0 Å². The number of rotatable bonds is 6. The number of nitrogens with one attached hydrogen (secondary N) is 1. The van der Waals surface area contributed by atoms with Crippen molar-refractivity contribution in [3.63, 3.8) is 0 Å². The molecule has 1 aliphatic heterocycles. The van der Waals surface area contributed by atoms with Gasteiger partial charge in [0.25, 0.3) is 0 Å². The molecule has 2 aliphatic rings. The number of nitrogens with zero attached hydrogens (tertiary/aromatic N) is 4. The summed E-state index contributed by atoms with van der Waals surface area (Å²) in [7, 11) is 0. The second kappa shape index (κ2) is 9.49. The Morgan fingerprint density at radius 3 is 2.59 bits per heavy atom. The highest BCUT2D eigenvalue weighted by atomic mass is 32.1. The number of fused-ring (bicyclic) bond motifs is 5. The lowest BCUT2D eigenvalue weighted by molar-refractivity contribution is 0.569. The molecule has 6 heteroatoms. The lowest BCUT2D eigenvalue weighted by Gasteiger charge is -2.31. The van der Waals surface area contributed by atoms with Gasteiger partial charge in [-0.1, -0.05) is 30.3 Å². The summed E-state index contributed by atoms with van der Waals surface area (Å²) in [5.41, 5.74) is 5.46. The third-order valence-electron chi connectivity index (χ3n) is 7.45. The molecule has 1 aromatic carbocycles. The molecule has 3 aromatic heterocycles. The smallest absolute Gasteiger partial charge is 0.147 e. The van der Waals surface area contributed by atoms with Crippen LogP contribution in [0, 0.1) is 0 Å². The van der Waals surface area contributed by atoms with Gasteiger partial charge in [-0.15, -0.1) is 11.3 Å². The predicted molar refractivity (Wildman–Crippen MR) is 143 cm³/mol. The fourth-order valence-electron chi connectivity index (χ4n) is 5.64. The average Bonchev–Trinajstić information content (AvgIpc) is 3.28. The van der Waals surface area contributed by atoms with Crippen LogP contribution in [0.25, 0.3) is 20.4 Å². The zero-order valence-electron chi connectivity index (χ0n) is 20.0. The molecular weight excluding hydrogens is 438 g/mol. The number of anilines is 2. The number of pyridine rings is 1. The number of thiophene rings is 1. The molecule has 176 valence electrons. The predicted octanol–water partition coefficient (Wildman–Crippen LogP) is 6.54. The Morgan fingerprint density at radius 2 is 1.76 bits per heavy atom. The van der Waals surface area contributed by atoms with Crippen LogP contribution in [0.5, 0.6) is 0 Å². The molecule has 1 fully saturated rings. The van der Waals surface area contributed by atoms with Crippen LogP contribution < -0.4 is 10.2 Å². The van der Waals surface area contributed by atoms with E-state index in [1.807, 2.05) is 0 Å². The van der Waals surface area contributed by atoms with E-state index in [2.05, 4.69) is 52.5 Å². The highest BCUT2D eigenvalue weighted by Gasteiger charge is 2.26. The molecule has 34 heavy (non-hydrogen) atoms. The summed E-state index contributed by atoms with van der Waals surface area (Å²) >= 11 is 1.77. The van der Waals surface area contributed by atoms with Crippen molar-refractivity contribution in [2.75, 3.05) is 23.3 Å². The van der Waals surface area contributed by atoms with Crippen molar-refractivity contribution in [1.29, 1.82) is 0 Å². The maximum absolute atomic E-state index is 5.29. The third kappa shape index (κ3) is 4.13. The number of hydrogen-bond donors (Lipinski definition) is 1. The summed E-state index contributed by atoms with van der Waals surface area (Å²) in [6, 6.07) is 11.0. The zero-order chi connectivity index (χ0) is 22.9. The normalized spacial score (nSPS) is 17.1. The van der Waals surface area contributed by atoms with Crippen molar-refractivity contribution in [3.05, 3.63) is 53.3 Å². The molecule has 5 nitrogen and oxygen atoms in total. The molecule has 0 radical (unpaired) electrons. The number of piperidine rings is 1. The summed E-state index contributed by atoms with van der Waals surface area (Å²) in [5, 5.41) is 4.98. The minimum absolute atomic E-state index is 0.328. The first kappa shape index (κ1) is 21.8. The molecule has 6 rings (SSSR count). The van der Waals surface area contributed by atoms with Crippen molar-refractivity contribution >= 4 is 43.4 Å². The van der Waals surface area contributed by atoms with E-state index in [0.717, 1.165) is 59.6 Å². The monoisotopic (exact) mass is 471 g/mol. The van der Waals surface area contributed by atoms with Crippen LogP contribution in [-0.2, 0) is 19.3 Å². The molecule has 1 aliphatic carbocycles. The Balaban J connectivity index is 1.36. The maximum Gasteiger partial charge on any atom is 0.147 e. The van der Waals surface area contributed by atoms with E-state index >= 15 is 0 Å². The topological polar surface area (TPSA) is 53.9 Å². The summed E-state index contributed by atoms with van der Waals surface area (Å²) in [5.74, 6) is 2.21. The highest BCUT2D eigenvalue weighted by Crippen LogP contribution is 2.43. The van der Waals surface area contributed by atoms with Gasteiger partial charge in [-0.05, 0) is 81.4 Å². The van der Waals surface area contributed by atoms with Gasteiger partial charge in [0.2, 0.25) is 0 Å². The minimum Gasteiger partial charge on any atom is -0.366 e. The summed E-state index contributed by atoms with van der Waals surface area (Å²) in [6.07, 6.45) is 12.6. The van der Waals surface area contributed by atoms with Gasteiger partial charge in [0.15, 0.2) is 0 Å². The number of aromatic nitrogens is 3. The first-order chi connectivity index (χ1) is 16.8. The minimum atomic E-state index is 0.328. The second-order valence-corrected chi connectivity index (χ2v) is 10.9. The molecule has 0 amide bonds. The fraction of sp³-hybridized carbons (Fsp3) is 0.464. The van der Waals surface area contributed by atoms with E-state index in [-0.39, 0.29) is 0 Å². The zero-order valence-corrected chi connectivity index (χ0v) is 20.8. The highest BCUT2D eigenvalue weighted by molar-refractivity contribution is 7.26. The van der Waals surface area contributed by atoms with E-state index in [1.165, 1.54) is 60.0 Å². The van der Waals surface area contributed by atoms with Crippen LogP contribution in [-0.4, -0.2) is 34.1 Å². The first-order valence-electron chi connectivity index (χ1n) is 12.9. The Labute approximate surface area is 205 Å². The molecule has 1 unspecified atom stereocenters. The summed E-state index contributed by atoms with van der Waals surface area (Å²) in [4.78, 5) is 18.4. The van der Waals surface area contributed by atoms with Crippen LogP contribution in [0.1, 0.15) is 62.1 Å². The van der Waals surface area contributed by atoms with Crippen LogP contribution in [0.4, 0.5) is 11.6 Å². The van der Waals surface area contributed by atoms with Gasteiger partial charge in [0.1, 0.15) is 22.8 Å². The van der Waals surface area contributed by atoms with Gasteiger partial charge in [0, 0.05) is 24.5 Å². The van der Waals surface area contributed by atoms with E-state index in [0.29, 0.717) is 6.04 Å². The van der Waals surface area contributed by atoms with E-state index in [9.17, 15) is 0 Å². The van der Waals surface area contributed by atoms with Crippen LogP contribution in [0.2, 0.25) is 0 Å².